The molecule has 0 aromatic carbocycles. The summed E-state index contributed by atoms with van der Waals surface area (Å²) in [4.78, 5) is 2.46. The first-order valence-electron chi connectivity index (χ1n) is 5.70. The van der Waals surface area contributed by atoms with Crippen molar-refractivity contribution in [1.29, 1.82) is 0 Å². The van der Waals surface area contributed by atoms with Crippen molar-refractivity contribution >= 4 is 10.8 Å². The van der Waals surface area contributed by atoms with Crippen LogP contribution in [0, 0.1) is 0 Å². The summed E-state index contributed by atoms with van der Waals surface area (Å²) in [6.07, 6.45) is 2.97. The second-order valence-corrected chi connectivity index (χ2v) is 6.70. The van der Waals surface area contributed by atoms with Crippen LogP contribution in [0.2, 0.25) is 0 Å². The van der Waals surface area contributed by atoms with Gasteiger partial charge in [0, 0.05) is 40.9 Å². The minimum Gasteiger partial charge on any atom is -0.310 e. The normalized spacial score (nSPS) is 26.9. The molecule has 2 atom stereocenters. The third kappa shape index (κ3) is 4.62. The van der Waals surface area contributed by atoms with Gasteiger partial charge in [-0.15, -0.1) is 0 Å². The Morgan fingerprint density at radius 1 is 1.53 bits per heavy atom. The quantitative estimate of drug-likeness (QED) is 0.782. The zero-order chi connectivity index (χ0) is 11.5. The molecule has 0 spiro atoms. The maximum absolute atomic E-state index is 11.2. The van der Waals surface area contributed by atoms with Crippen molar-refractivity contribution in [2.24, 2.45) is 0 Å². The van der Waals surface area contributed by atoms with Crippen molar-refractivity contribution in [1.82, 2.24) is 10.2 Å². The Morgan fingerprint density at radius 3 is 2.80 bits per heavy atom. The number of nitrogens with zero attached hydrogens (tertiary/aromatic N) is 1. The number of hydrogen-bond donors (Lipinski definition) is 1. The van der Waals surface area contributed by atoms with E-state index in [0.717, 1.165) is 25.4 Å². The van der Waals surface area contributed by atoms with E-state index in [0.29, 0.717) is 6.04 Å². The Labute approximate surface area is 96.1 Å². The molecule has 15 heavy (non-hydrogen) atoms. The van der Waals surface area contributed by atoms with Gasteiger partial charge in [-0.25, -0.2) is 0 Å². The number of nitrogens with one attached hydrogen (secondary N) is 1. The minimum atomic E-state index is -0.690. The van der Waals surface area contributed by atoms with Crippen LogP contribution in [0.1, 0.15) is 27.2 Å². The smallest absolute Gasteiger partial charge is 0.0385 e. The van der Waals surface area contributed by atoms with E-state index >= 15 is 0 Å². The van der Waals surface area contributed by atoms with Crippen molar-refractivity contribution in [3.8, 4) is 0 Å². The monoisotopic (exact) mass is 232 g/mol. The fourth-order valence-corrected chi connectivity index (χ4v) is 3.06. The molecule has 1 saturated heterocycles. The summed E-state index contributed by atoms with van der Waals surface area (Å²) in [6.45, 7) is 9.91. The lowest BCUT2D eigenvalue weighted by molar-refractivity contribution is 0.192. The molecule has 2 unspecified atom stereocenters. The second kappa shape index (κ2) is 5.41. The van der Waals surface area contributed by atoms with Crippen LogP contribution in [0.25, 0.3) is 0 Å². The van der Waals surface area contributed by atoms with Gasteiger partial charge in [-0.05, 0) is 40.3 Å². The van der Waals surface area contributed by atoms with Crippen molar-refractivity contribution < 1.29 is 4.21 Å². The molecule has 90 valence electrons. The van der Waals surface area contributed by atoms with Crippen LogP contribution in [0.5, 0.6) is 0 Å². The summed E-state index contributed by atoms with van der Waals surface area (Å²) < 4.78 is 11.2. The molecule has 0 aromatic heterocycles. The largest absolute Gasteiger partial charge is 0.310 e. The van der Waals surface area contributed by atoms with Crippen LogP contribution in [0.15, 0.2) is 0 Å². The summed E-state index contributed by atoms with van der Waals surface area (Å²) in [5.41, 5.74) is 0.181. The molecule has 1 heterocycles. The molecular weight excluding hydrogens is 208 g/mol. The van der Waals surface area contributed by atoms with Crippen LogP contribution in [-0.2, 0) is 10.8 Å². The Hall–Kier alpha value is 0.0700. The van der Waals surface area contributed by atoms with Crippen molar-refractivity contribution in [2.45, 2.75) is 38.8 Å². The van der Waals surface area contributed by atoms with Gasteiger partial charge in [-0.1, -0.05) is 0 Å². The maximum Gasteiger partial charge on any atom is 0.0385 e. The van der Waals surface area contributed by atoms with E-state index < -0.39 is 10.8 Å². The first-order chi connectivity index (χ1) is 6.91. The standard InChI is InChI=1S/C11H24N2OS/c1-10(8-15(4)14)13-7-5-6-12-11(2,3)9-13/h10,12H,5-9H2,1-4H3. The van der Waals surface area contributed by atoms with Crippen molar-refractivity contribution in [2.75, 3.05) is 31.6 Å². The van der Waals surface area contributed by atoms with E-state index in [1.807, 2.05) is 0 Å². The molecule has 3 nitrogen and oxygen atoms in total. The van der Waals surface area contributed by atoms with Gasteiger partial charge < -0.3 is 5.32 Å². The molecule has 0 amide bonds. The molecule has 1 aliphatic rings. The average molecular weight is 232 g/mol. The molecule has 0 aliphatic carbocycles. The molecule has 0 bridgehead atoms. The highest BCUT2D eigenvalue weighted by Gasteiger charge is 2.26. The lowest BCUT2D eigenvalue weighted by Crippen LogP contribution is -2.49. The van der Waals surface area contributed by atoms with Gasteiger partial charge in [-0.3, -0.25) is 9.11 Å². The summed E-state index contributed by atoms with van der Waals surface area (Å²) in [5, 5.41) is 3.54. The molecule has 1 aliphatic heterocycles. The predicted molar refractivity (Wildman–Crippen MR) is 66.7 cm³/mol. The van der Waals surface area contributed by atoms with E-state index in [-0.39, 0.29) is 5.54 Å². The number of rotatable bonds is 3. The van der Waals surface area contributed by atoms with E-state index in [2.05, 4.69) is 31.0 Å². The first-order valence-corrected chi connectivity index (χ1v) is 7.42. The van der Waals surface area contributed by atoms with Crippen LogP contribution in [-0.4, -0.2) is 52.3 Å². The fourth-order valence-electron chi connectivity index (χ4n) is 2.17. The molecule has 0 aromatic rings. The predicted octanol–water partition coefficient (Wildman–Crippen LogP) is 0.827. The molecule has 1 rings (SSSR count). The summed E-state index contributed by atoms with van der Waals surface area (Å²) in [7, 11) is -0.690. The van der Waals surface area contributed by atoms with Crippen molar-refractivity contribution in [3.05, 3.63) is 0 Å². The highest BCUT2D eigenvalue weighted by molar-refractivity contribution is 7.84. The Bertz CT molecular complexity index is 231. The van der Waals surface area contributed by atoms with Crippen molar-refractivity contribution in [3.63, 3.8) is 0 Å². The van der Waals surface area contributed by atoms with Gasteiger partial charge in [0.2, 0.25) is 0 Å². The van der Waals surface area contributed by atoms with E-state index in [4.69, 9.17) is 0 Å². The fraction of sp³-hybridized carbons (Fsp3) is 1.00. The van der Waals surface area contributed by atoms with Gasteiger partial charge in [0.25, 0.3) is 0 Å². The van der Waals surface area contributed by atoms with E-state index in [1.165, 1.54) is 6.42 Å². The molecular formula is C11H24N2OS. The minimum absolute atomic E-state index is 0.181. The Morgan fingerprint density at radius 2 is 2.20 bits per heavy atom. The van der Waals surface area contributed by atoms with Gasteiger partial charge in [0.1, 0.15) is 0 Å². The summed E-state index contributed by atoms with van der Waals surface area (Å²) in [5.74, 6) is 0.788. The van der Waals surface area contributed by atoms with Crippen LogP contribution >= 0.6 is 0 Å². The average Bonchev–Trinajstić information content (AvgIpc) is 2.25. The Kier molecular flexibility index (Phi) is 4.74. The van der Waals surface area contributed by atoms with E-state index in [1.54, 1.807) is 6.26 Å². The molecule has 1 N–H and O–H groups in total. The van der Waals surface area contributed by atoms with Gasteiger partial charge in [0.05, 0.1) is 0 Å². The summed E-state index contributed by atoms with van der Waals surface area (Å²) >= 11 is 0. The van der Waals surface area contributed by atoms with E-state index in [9.17, 15) is 4.21 Å². The first kappa shape index (κ1) is 13.1. The molecule has 1 fully saturated rings. The highest BCUT2D eigenvalue weighted by Crippen LogP contribution is 2.13. The lowest BCUT2D eigenvalue weighted by Gasteiger charge is -2.33. The van der Waals surface area contributed by atoms with Gasteiger partial charge in [0.15, 0.2) is 0 Å². The third-order valence-corrected chi connectivity index (χ3v) is 3.88. The molecule has 0 saturated carbocycles. The van der Waals surface area contributed by atoms with Crippen LogP contribution in [0.4, 0.5) is 0 Å². The van der Waals surface area contributed by atoms with Gasteiger partial charge in [-0.2, -0.15) is 0 Å². The maximum atomic E-state index is 11.2. The summed E-state index contributed by atoms with van der Waals surface area (Å²) in [6, 6.07) is 0.426. The zero-order valence-electron chi connectivity index (χ0n) is 10.4. The van der Waals surface area contributed by atoms with Gasteiger partial charge >= 0.3 is 0 Å². The third-order valence-electron chi connectivity index (χ3n) is 2.92. The van der Waals surface area contributed by atoms with Crippen LogP contribution in [0.3, 0.4) is 0 Å². The topological polar surface area (TPSA) is 32.3 Å². The van der Waals surface area contributed by atoms with Crippen LogP contribution < -0.4 is 5.32 Å². The lowest BCUT2D eigenvalue weighted by atomic mass is 10.1. The number of hydrogen-bond acceptors (Lipinski definition) is 3. The molecule has 0 radical (unpaired) electrons. The highest BCUT2D eigenvalue weighted by atomic mass is 32.2. The second-order valence-electron chi connectivity index (χ2n) is 5.22. The Balaban J connectivity index is 2.55. The zero-order valence-corrected chi connectivity index (χ0v) is 11.2. The SMILES string of the molecule is CC(CS(C)=O)N1CCCNC(C)(C)C1. The molecule has 4 heteroatoms.